The number of primary sulfonamides is 1. The molecule has 0 fully saturated rings. The molecule has 0 bridgehead atoms. The standard InChI is InChI=1S/C11H13N3O4S/c12-7-9-3-1-2-4-10(9)18-8-11(15)14-5-6-19(13,16)17/h1-4H,5-6,8H2,(H,14,15)(H2,13,16,17). The lowest BCUT2D eigenvalue weighted by molar-refractivity contribution is -0.122. The van der Waals surface area contributed by atoms with Crippen LogP contribution in [0.15, 0.2) is 24.3 Å². The van der Waals surface area contributed by atoms with Crippen LogP contribution in [0.4, 0.5) is 0 Å². The smallest absolute Gasteiger partial charge is 0.257 e. The molecule has 8 heteroatoms. The van der Waals surface area contributed by atoms with Gasteiger partial charge in [0, 0.05) is 6.54 Å². The third-order valence-electron chi connectivity index (χ3n) is 2.08. The van der Waals surface area contributed by atoms with Gasteiger partial charge in [-0.1, -0.05) is 12.1 Å². The van der Waals surface area contributed by atoms with Crippen LogP contribution in [0.2, 0.25) is 0 Å². The molecule has 0 unspecified atom stereocenters. The fraction of sp³-hybridized carbons (Fsp3) is 0.273. The highest BCUT2D eigenvalue weighted by Crippen LogP contribution is 2.15. The van der Waals surface area contributed by atoms with Crippen molar-refractivity contribution in [2.24, 2.45) is 5.14 Å². The normalized spacial score (nSPS) is 10.5. The van der Waals surface area contributed by atoms with Crippen molar-refractivity contribution < 1.29 is 17.9 Å². The van der Waals surface area contributed by atoms with Crippen LogP contribution in [0.25, 0.3) is 0 Å². The summed E-state index contributed by atoms with van der Waals surface area (Å²) in [6.45, 7) is -0.385. The number of para-hydroxylation sites is 1. The predicted octanol–water partition coefficient (Wildman–Crippen LogP) is -0.658. The lowest BCUT2D eigenvalue weighted by atomic mass is 10.2. The fourth-order valence-corrected chi connectivity index (χ4v) is 1.60. The molecule has 0 saturated heterocycles. The molecule has 1 amide bonds. The number of rotatable bonds is 6. The second-order valence-electron chi connectivity index (χ2n) is 3.61. The van der Waals surface area contributed by atoms with Crippen LogP contribution in [0.5, 0.6) is 5.75 Å². The van der Waals surface area contributed by atoms with Gasteiger partial charge in [-0.15, -0.1) is 0 Å². The van der Waals surface area contributed by atoms with Gasteiger partial charge in [0.25, 0.3) is 5.91 Å². The third-order valence-corrected chi connectivity index (χ3v) is 2.85. The first-order valence-electron chi connectivity index (χ1n) is 5.31. The highest BCUT2D eigenvalue weighted by molar-refractivity contribution is 7.89. The van der Waals surface area contributed by atoms with E-state index < -0.39 is 15.9 Å². The molecule has 1 aromatic rings. The SMILES string of the molecule is N#Cc1ccccc1OCC(=O)NCCS(N)(=O)=O. The molecular formula is C11H13N3O4S. The Hall–Kier alpha value is -2.11. The minimum atomic E-state index is -3.60. The molecule has 0 aliphatic rings. The highest BCUT2D eigenvalue weighted by Gasteiger charge is 2.07. The number of amides is 1. The lowest BCUT2D eigenvalue weighted by Crippen LogP contribution is -2.34. The second kappa shape index (κ2) is 6.72. The van der Waals surface area contributed by atoms with Crippen molar-refractivity contribution in [3.8, 4) is 11.8 Å². The summed E-state index contributed by atoms with van der Waals surface area (Å²) in [6.07, 6.45) is 0. The Morgan fingerprint density at radius 1 is 1.42 bits per heavy atom. The van der Waals surface area contributed by atoms with Gasteiger partial charge < -0.3 is 10.1 Å². The largest absolute Gasteiger partial charge is 0.482 e. The topological polar surface area (TPSA) is 122 Å². The van der Waals surface area contributed by atoms with E-state index in [0.717, 1.165) is 0 Å². The van der Waals surface area contributed by atoms with Crippen LogP contribution in [0.3, 0.4) is 0 Å². The molecule has 0 aliphatic carbocycles. The van der Waals surface area contributed by atoms with Crippen molar-refractivity contribution in [3.63, 3.8) is 0 Å². The summed E-state index contributed by atoms with van der Waals surface area (Å²) in [7, 11) is -3.60. The van der Waals surface area contributed by atoms with Gasteiger partial charge >= 0.3 is 0 Å². The summed E-state index contributed by atoms with van der Waals surface area (Å²) >= 11 is 0. The second-order valence-corrected chi connectivity index (χ2v) is 5.35. The number of carbonyl (C=O) groups is 1. The molecule has 1 aromatic carbocycles. The molecule has 102 valence electrons. The van der Waals surface area contributed by atoms with Crippen LogP contribution in [-0.2, 0) is 14.8 Å². The molecule has 1 rings (SSSR count). The summed E-state index contributed by atoms with van der Waals surface area (Å²) in [5.74, 6) is -0.531. The molecule has 0 aliphatic heterocycles. The van der Waals surface area contributed by atoms with Crippen molar-refractivity contribution in [2.45, 2.75) is 0 Å². The summed E-state index contributed by atoms with van der Waals surface area (Å²) < 4.78 is 26.4. The molecule has 3 N–H and O–H groups in total. The average molecular weight is 283 g/mol. The molecule has 0 heterocycles. The Morgan fingerprint density at radius 2 is 2.11 bits per heavy atom. The molecule has 0 spiro atoms. The van der Waals surface area contributed by atoms with Gasteiger partial charge in [-0.3, -0.25) is 4.79 Å². The number of hydrogen-bond donors (Lipinski definition) is 2. The van der Waals surface area contributed by atoms with Crippen molar-refractivity contribution in [2.75, 3.05) is 18.9 Å². The lowest BCUT2D eigenvalue weighted by Gasteiger charge is -2.07. The van der Waals surface area contributed by atoms with E-state index in [1.807, 2.05) is 6.07 Å². The van der Waals surface area contributed by atoms with Gasteiger partial charge in [-0.25, -0.2) is 13.6 Å². The van der Waals surface area contributed by atoms with E-state index in [2.05, 4.69) is 5.32 Å². The Balaban J connectivity index is 2.41. The monoisotopic (exact) mass is 283 g/mol. The van der Waals surface area contributed by atoms with Gasteiger partial charge in [0.15, 0.2) is 6.61 Å². The molecule has 19 heavy (non-hydrogen) atoms. The molecule has 7 nitrogen and oxygen atoms in total. The zero-order valence-electron chi connectivity index (χ0n) is 10.00. The van der Waals surface area contributed by atoms with E-state index >= 15 is 0 Å². The van der Waals surface area contributed by atoms with Gasteiger partial charge in [0.05, 0.1) is 11.3 Å². The van der Waals surface area contributed by atoms with Crippen molar-refractivity contribution in [1.29, 1.82) is 5.26 Å². The summed E-state index contributed by atoms with van der Waals surface area (Å²) in [5.41, 5.74) is 0.319. The summed E-state index contributed by atoms with van der Waals surface area (Å²) in [6, 6.07) is 8.41. The Morgan fingerprint density at radius 3 is 2.74 bits per heavy atom. The first-order valence-corrected chi connectivity index (χ1v) is 7.03. The number of ether oxygens (including phenoxy) is 1. The maximum absolute atomic E-state index is 11.3. The van der Waals surface area contributed by atoms with Crippen LogP contribution >= 0.6 is 0 Å². The predicted molar refractivity (Wildman–Crippen MR) is 67.6 cm³/mol. The van der Waals surface area contributed by atoms with E-state index in [1.165, 1.54) is 0 Å². The molecule has 0 aromatic heterocycles. The molecule has 0 radical (unpaired) electrons. The number of benzene rings is 1. The number of nitriles is 1. The average Bonchev–Trinajstić information content (AvgIpc) is 2.35. The third kappa shape index (κ3) is 5.85. The van der Waals surface area contributed by atoms with Gasteiger partial charge in [0.1, 0.15) is 11.8 Å². The number of nitrogens with zero attached hydrogens (tertiary/aromatic N) is 1. The zero-order chi connectivity index (χ0) is 14.3. The van der Waals surface area contributed by atoms with E-state index in [4.69, 9.17) is 15.1 Å². The first kappa shape index (κ1) is 14.9. The maximum atomic E-state index is 11.3. The van der Waals surface area contributed by atoms with Crippen LogP contribution in [0.1, 0.15) is 5.56 Å². The Bertz CT molecular complexity index is 592. The number of nitrogens with two attached hydrogens (primary N) is 1. The van der Waals surface area contributed by atoms with Crippen LogP contribution in [-0.4, -0.2) is 33.2 Å². The zero-order valence-corrected chi connectivity index (χ0v) is 10.8. The minimum Gasteiger partial charge on any atom is -0.482 e. The van der Waals surface area contributed by atoms with Gasteiger partial charge in [-0.2, -0.15) is 5.26 Å². The maximum Gasteiger partial charge on any atom is 0.257 e. The van der Waals surface area contributed by atoms with E-state index in [-0.39, 0.29) is 18.9 Å². The number of nitrogens with one attached hydrogen (secondary N) is 1. The van der Waals surface area contributed by atoms with Crippen molar-refractivity contribution in [3.05, 3.63) is 29.8 Å². The quantitative estimate of drug-likeness (QED) is 0.717. The number of sulfonamides is 1. The van der Waals surface area contributed by atoms with E-state index in [1.54, 1.807) is 24.3 Å². The van der Waals surface area contributed by atoms with Crippen LogP contribution < -0.4 is 15.2 Å². The van der Waals surface area contributed by atoms with Gasteiger partial charge in [0.2, 0.25) is 10.0 Å². The van der Waals surface area contributed by atoms with E-state index in [0.29, 0.717) is 11.3 Å². The van der Waals surface area contributed by atoms with Crippen LogP contribution in [0, 0.1) is 11.3 Å². The Kier molecular flexibility index (Phi) is 5.29. The number of hydrogen-bond acceptors (Lipinski definition) is 5. The Labute approximate surface area is 111 Å². The highest BCUT2D eigenvalue weighted by atomic mass is 32.2. The molecule has 0 atom stereocenters. The van der Waals surface area contributed by atoms with Crippen molar-refractivity contribution in [1.82, 2.24) is 5.32 Å². The van der Waals surface area contributed by atoms with E-state index in [9.17, 15) is 13.2 Å². The summed E-state index contributed by atoms with van der Waals surface area (Å²) in [5, 5.41) is 15.9. The van der Waals surface area contributed by atoms with Gasteiger partial charge in [-0.05, 0) is 12.1 Å². The van der Waals surface area contributed by atoms with Crippen molar-refractivity contribution >= 4 is 15.9 Å². The molecular weight excluding hydrogens is 270 g/mol. The molecule has 0 saturated carbocycles. The number of carbonyl (C=O) groups excluding carboxylic acids is 1. The first-order chi connectivity index (χ1) is 8.92. The minimum absolute atomic E-state index is 0.0824. The fourth-order valence-electron chi connectivity index (χ4n) is 1.21. The summed E-state index contributed by atoms with van der Waals surface area (Å²) in [4.78, 5) is 11.3.